The summed E-state index contributed by atoms with van der Waals surface area (Å²) in [6.45, 7) is 0. The summed E-state index contributed by atoms with van der Waals surface area (Å²) in [5, 5.41) is 7.02. The van der Waals surface area contributed by atoms with E-state index in [4.69, 9.17) is 11.5 Å². The number of anilines is 2. The first kappa shape index (κ1) is 9.54. The van der Waals surface area contributed by atoms with Crippen LogP contribution in [0, 0.1) is 0 Å². The third-order valence-corrected chi connectivity index (χ3v) is 3.69. The van der Waals surface area contributed by atoms with Crippen LogP contribution in [0.4, 0.5) is 11.4 Å². The molecule has 0 atom stereocenters. The Balaban J connectivity index is 2.50. The molecule has 0 fully saturated rings. The first-order valence-corrected chi connectivity index (χ1v) is 5.97. The van der Waals surface area contributed by atoms with Gasteiger partial charge in [-0.3, -0.25) is 0 Å². The standard InChI is InChI=1S/C16H12N2/c17-12-7-6-10-5-4-9-2-1-3-11-8-13(18)16(12)15(10)14(9)11/h1-8H,17-18H2. The van der Waals surface area contributed by atoms with Gasteiger partial charge >= 0.3 is 0 Å². The van der Waals surface area contributed by atoms with E-state index in [9.17, 15) is 0 Å². The summed E-state index contributed by atoms with van der Waals surface area (Å²) in [5.41, 5.74) is 13.8. The summed E-state index contributed by atoms with van der Waals surface area (Å²) in [4.78, 5) is 0. The summed E-state index contributed by atoms with van der Waals surface area (Å²) >= 11 is 0. The predicted octanol–water partition coefficient (Wildman–Crippen LogP) is 3.75. The number of benzene rings is 4. The Morgan fingerprint density at radius 1 is 0.556 bits per heavy atom. The van der Waals surface area contributed by atoms with E-state index >= 15 is 0 Å². The van der Waals surface area contributed by atoms with Crippen LogP contribution in [0.25, 0.3) is 32.3 Å². The Morgan fingerprint density at radius 3 is 2.06 bits per heavy atom. The van der Waals surface area contributed by atoms with Crippen molar-refractivity contribution in [2.45, 2.75) is 0 Å². The molecule has 2 nitrogen and oxygen atoms in total. The second-order valence-corrected chi connectivity index (χ2v) is 4.74. The number of hydrogen-bond donors (Lipinski definition) is 2. The van der Waals surface area contributed by atoms with Gasteiger partial charge in [-0.1, -0.05) is 36.4 Å². The van der Waals surface area contributed by atoms with Gasteiger partial charge in [0.15, 0.2) is 0 Å². The van der Waals surface area contributed by atoms with Crippen LogP contribution in [0.15, 0.2) is 48.5 Å². The zero-order chi connectivity index (χ0) is 12.3. The minimum Gasteiger partial charge on any atom is -0.398 e. The quantitative estimate of drug-likeness (QED) is 0.358. The van der Waals surface area contributed by atoms with Crippen LogP contribution in [-0.4, -0.2) is 0 Å². The molecule has 0 bridgehead atoms. The fourth-order valence-electron chi connectivity index (χ4n) is 2.91. The van der Waals surface area contributed by atoms with Gasteiger partial charge in [0.1, 0.15) is 0 Å². The van der Waals surface area contributed by atoms with Gasteiger partial charge in [0.05, 0.1) is 0 Å². The highest BCUT2D eigenvalue weighted by atomic mass is 14.6. The molecule has 4 N–H and O–H groups in total. The van der Waals surface area contributed by atoms with Crippen LogP contribution in [0.2, 0.25) is 0 Å². The molecular weight excluding hydrogens is 220 g/mol. The molecule has 0 aliphatic heterocycles. The number of rotatable bonds is 0. The molecule has 86 valence electrons. The van der Waals surface area contributed by atoms with Gasteiger partial charge in [-0.25, -0.2) is 0 Å². The van der Waals surface area contributed by atoms with Gasteiger partial charge in [0.2, 0.25) is 0 Å². The van der Waals surface area contributed by atoms with Crippen molar-refractivity contribution in [2.75, 3.05) is 11.5 Å². The lowest BCUT2D eigenvalue weighted by Gasteiger charge is -2.14. The Kier molecular flexibility index (Phi) is 1.61. The molecule has 0 amide bonds. The van der Waals surface area contributed by atoms with Crippen molar-refractivity contribution >= 4 is 43.7 Å². The van der Waals surface area contributed by atoms with E-state index in [1.807, 2.05) is 12.1 Å². The van der Waals surface area contributed by atoms with Crippen LogP contribution in [0.3, 0.4) is 0 Å². The van der Waals surface area contributed by atoms with Crippen LogP contribution in [0.1, 0.15) is 0 Å². The number of nitrogens with two attached hydrogens (primary N) is 2. The van der Waals surface area contributed by atoms with Crippen LogP contribution in [0.5, 0.6) is 0 Å². The first-order valence-electron chi connectivity index (χ1n) is 5.97. The van der Waals surface area contributed by atoms with Crippen molar-refractivity contribution in [1.29, 1.82) is 0 Å². The highest BCUT2D eigenvalue weighted by Gasteiger charge is 2.11. The van der Waals surface area contributed by atoms with Gasteiger partial charge in [-0.2, -0.15) is 0 Å². The van der Waals surface area contributed by atoms with Gasteiger partial charge in [-0.15, -0.1) is 0 Å². The van der Waals surface area contributed by atoms with E-state index in [1.54, 1.807) is 0 Å². The molecule has 0 spiro atoms. The largest absolute Gasteiger partial charge is 0.398 e. The van der Waals surface area contributed by atoms with Crippen LogP contribution < -0.4 is 11.5 Å². The highest BCUT2D eigenvalue weighted by Crippen LogP contribution is 2.39. The van der Waals surface area contributed by atoms with E-state index in [-0.39, 0.29) is 0 Å². The lowest BCUT2D eigenvalue weighted by Crippen LogP contribution is -1.95. The molecule has 0 saturated carbocycles. The maximum Gasteiger partial charge on any atom is 0.0421 e. The van der Waals surface area contributed by atoms with Crippen molar-refractivity contribution < 1.29 is 0 Å². The summed E-state index contributed by atoms with van der Waals surface area (Å²) in [6.07, 6.45) is 0. The third-order valence-electron chi connectivity index (χ3n) is 3.69. The van der Waals surface area contributed by atoms with Crippen molar-refractivity contribution in [2.24, 2.45) is 0 Å². The zero-order valence-electron chi connectivity index (χ0n) is 9.77. The summed E-state index contributed by atoms with van der Waals surface area (Å²) < 4.78 is 0. The molecule has 2 heteroatoms. The first-order chi connectivity index (χ1) is 8.75. The fourth-order valence-corrected chi connectivity index (χ4v) is 2.91. The molecule has 4 rings (SSSR count). The highest BCUT2D eigenvalue weighted by molar-refractivity contribution is 6.28. The van der Waals surface area contributed by atoms with Crippen molar-refractivity contribution in [1.82, 2.24) is 0 Å². The molecular formula is C16H12N2. The average molecular weight is 232 g/mol. The predicted molar refractivity (Wildman–Crippen MR) is 79.0 cm³/mol. The second kappa shape index (κ2) is 3.05. The van der Waals surface area contributed by atoms with Gasteiger partial charge in [0.25, 0.3) is 0 Å². The maximum absolute atomic E-state index is 6.16. The lowest BCUT2D eigenvalue weighted by atomic mass is 9.92. The van der Waals surface area contributed by atoms with E-state index in [0.29, 0.717) is 0 Å². The number of hydrogen-bond acceptors (Lipinski definition) is 2. The average Bonchev–Trinajstić information content (AvgIpc) is 2.38. The van der Waals surface area contributed by atoms with E-state index < -0.39 is 0 Å². The van der Waals surface area contributed by atoms with E-state index in [1.165, 1.54) is 26.9 Å². The maximum atomic E-state index is 6.16. The van der Waals surface area contributed by atoms with Gasteiger partial charge in [0, 0.05) is 22.1 Å². The Labute approximate surface area is 104 Å². The molecule has 4 aromatic carbocycles. The third kappa shape index (κ3) is 1.02. The minimum atomic E-state index is 0.748. The topological polar surface area (TPSA) is 52.0 Å². The van der Waals surface area contributed by atoms with Gasteiger partial charge in [-0.05, 0) is 33.7 Å². The molecule has 0 aromatic heterocycles. The Hall–Kier alpha value is -2.48. The van der Waals surface area contributed by atoms with Gasteiger partial charge < -0.3 is 11.5 Å². The van der Waals surface area contributed by atoms with E-state index in [2.05, 4.69) is 36.4 Å². The molecule has 18 heavy (non-hydrogen) atoms. The molecule has 0 unspecified atom stereocenters. The number of nitrogen functional groups attached to an aromatic ring is 2. The second-order valence-electron chi connectivity index (χ2n) is 4.74. The Bertz CT molecular complexity index is 894. The summed E-state index contributed by atoms with van der Waals surface area (Å²) in [5.74, 6) is 0. The molecule has 0 aliphatic carbocycles. The molecule has 0 heterocycles. The molecule has 0 saturated heterocycles. The lowest BCUT2D eigenvalue weighted by molar-refractivity contribution is 1.74. The normalized spacial score (nSPS) is 11.8. The molecule has 0 aliphatic rings. The summed E-state index contributed by atoms with van der Waals surface area (Å²) in [7, 11) is 0. The smallest absolute Gasteiger partial charge is 0.0421 e. The van der Waals surface area contributed by atoms with Crippen LogP contribution >= 0.6 is 0 Å². The summed E-state index contributed by atoms with van der Waals surface area (Å²) in [6, 6.07) is 16.6. The Morgan fingerprint density at radius 2 is 1.22 bits per heavy atom. The molecule has 0 radical (unpaired) electrons. The minimum absolute atomic E-state index is 0.748. The molecule has 4 aromatic rings. The van der Waals surface area contributed by atoms with Crippen LogP contribution in [-0.2, 0) is 0 Å². The van der Waals surface area contributed by atoms with Crippen molar-refractivity contribution in [3.05, 3.63) is 48.5 Å². The zero-order valence-corrected chi connectivity index (χ0v) is 9.77. The van der Waals surface area contributed by atoms with Crippen molar-refractivity contribution in [3.63, 3.8) is 0 Å². The van der Waals surface area contributed by atoms with Crippen molar-refractivity contribution in [3.8, 4) is 0 Å². The van der Waals surface area contributed by atoms with E-state index in [0.717, 1.165) is 16.8 Å². The SMILES string of the molecule is Nc1ccc2ccc3cccc4cc(N)c1c2c34. The monoisotopic (exact) mass is 232 g/mol. The fraction of sp³-hybridized carbons (Fsp3) is 0.